The first-order chi connectivity index (χ1) is 8.40. The second kappa shape index (κ2) is 4.66. The molecule has 18 heavy (non-hydrogen) atoms. The summed E-state index contributed by atoms with van der Waals surface area (Å²) in [5, 5.41) is 1.08. The van der Waals surface area contributed by atoms with Gasteiger partial charge < -0.3 is 18.3 Å². The highest BCUT2D eigenvalue weighted by atomic mass is 28.4. The Morgan fingerprint density at radius 3 is 2.50 bits per heavy atom. The lowest BCUT2D eigenvalue weighted by Crippen LogP contribution is -2.49. The topological polar surface area (TPSA) is 36.9 Å². The Bertz CT molecular complexity index is 441. The summed E-state index contributed by atoms with van der Waals surface area (Å²) in [5.74, 6) is 0.316. The van der Waals surface area contributed by atoms with Crippen molar-refractivity contribution in [1.82, 2.24) is 0 Å². The minimum Gasteiger partial charge on any atom is -0.463 e. The molecule has 2 rings (SSSR count). The van der Waals surface area contributed by atoms with Crippen LogP contribution in [0, 0.1) is 0 Å². The number of rotatable bonds is 3. The first-order valence-corrected chi connectivity index (χ1v) is 8.28. The van der Waals surface area contributed by atoms with E-state index < -0.39 is 14.3 Å². The molecule has 0 atom stereocenters. The normalized spacial score (nSPS) is 18.1. The van der Waals surface area contributed by atoms with Crippen LogP contribution >= 0.6 is 0 Å². The maximum atomic E-state index is 5.77. The second-order valence-corrected chi connectivity index (χ2v) is 8.25. The maximum Gasteiger partial charge on any atom is 0.368 e. The lowest BCUT2D eigenvalue weighted by Gasteiger charge is -2.33. The van der Waals surface area contributed by atoms with E-state index in [1.807, 2.05) is 32.5 Å². The smallest absolute Gasteiger partial charge is 0.368 e. The Hall–Kier alpha value is -0.883. The third-order valence-corrected chi connectivity index (χ3v) is 6.21. The third kappa shape index (κ3) is 2.44. The minimum atomic E-state index is -2.28. The summed E-state index contributed by atoms with van der Waals surface area (Å²) in [6, 6.07) is 6.04. The van der Waals surface area contributed by atoms with E-state index >= 15 is 0 Å². The summed E-state index contributed by atoms with van der Waals surface area (Å²) in [6.07, 6.45) is 0. The Morgan fingerprint density at radius 2 is 1.89 bits per heavy atom. The van der Waals surface area contributed by atoms with Crippen molar-refractivity contribution in [3.8, 4) is 5.75 Å². The van der Waals surface area contributed by atoms with Crippen LogP contribution in [0.1, 0.15) is 19.4 Å². The van der Waals surface area contributed by atoms with Gasteiger partial charge in [-0.05, 0) is 23.9 Å². The molecule has 0 N–H and O–H groups in total. The average molecular weight is 268 g/mol. The highest BCUT2D eigenvalue weighted by Crippen LogP contribution is 2.30. The lowest BCUT2D eigenvalue weighted by atomic mass is 10.2. The van der Waals surface area contributed by atoms with Crippen molar-refractivity contribution in [2.45, 2.75) is 32.8 Å². The summed E-state index contributed by atoms with van der Waals surface area (Å²) < 4.78 is 22.5. The van der Waals surface area contributed by atoms with Crippen molar-refractivity contribution in [3.63, 3.8) is 0 Å². The van der Waals surface area contributed by atoms with Gasteiger partial charge in [-0.25, -0.2) is 0 Å². The van der Waals surface area contributed by atoms with Gasteiger partial charge in [0.15, 0.2) is 0 Å². The van der Waals surface area contributed by atoms with Gasteiger partial charge in [0.1, 0.15) is 5.75 Å². The fraction of sp³-hybridized carbons (Fsp3) is 0.538. The van der Waals surface area contributed by atoms with Gasteiger partial charge in [0.2, 0.25) is 5.79 Å². The van der Waals surface area contributed by atoms with Gasteiger partial charge in [-0.15, -0.1) is 0 Å². The van der Waals surface area contributed by atoms with E-state index in [0.29, 0.717) is 6.61 Å². The summed E-state index contributed by atoms with van der Waals surface area (Å²) >= 11 is 0. The molecule has 0 amide bonds. The van der Waals surface area contributed by atoms with Gasteiger partial charge >= 0.3 is 8.56 Å². The molecule has 4 nitrogen and oxygen atoms in total. The molecule has 0 saturated heterocycles. The van der Waals surface area contributed by atoms with E-state index in [4.69, 9.17) is 18.3 Å². The third-order valence-electron chi connectivity index (χ3n) is 3.29. The molecule has 0 fully saturated rings. The van der Waals surface area contributed by atoms with Crippen molar-refractivity contribution >= 4 is 13.7 Å². The van der Waals surface area contributed by atoms with E-state index in [1.165, 1.54) is 0 Å². The monoisotopic (exact) mass is 268 g/mol. The molecule has 0 bridgehead atoms. The lowest BCUT2D eigenvalue weighted by molar-refractivity contribution is -0.180. The fourth-order valence-corrected chi connectivity index (χ4v) is 3.40. The zero-order chi connectivity index (χ0) is 13.4. The van der Waals surface area contributed by atoms with Crippen molar-refractivity contribution < 1.29 is 18.3 Å². The molecule has 1 aliphatic heterocycles. The van der Waals surface area contributed by atoms with Gasteiger partial charge in [0.25, 0.3) is 0 Å². The van der Waals surface area contributed by atoms with Crippen LogP contribution in [0.4, 0.5) is 0 Å². The quantitative estimate of drug-likeness (QED) is 0.785. The van der Waals surface area contributed by atoms with Crippen LogP contribution < -0.4 is 9.92 Å². The van der Waals surface area contributed by atoms with Crippen molar-refractivity contribution in [3.05, 3.63) is 23.8 Å². The van der Waals surface area contributed by atoms with Crippen LogP contribution in [0.3, 0.4) is 0 Å². The molecule has 1 heterocycles. The van der Waals surface area contributed by atoms with Crippen LogP contribution in [0.25, 0.3) is 0 Å². The first-order valence-electron chi connectivity index (χ1n) is 5.97. The Labute approximate surface area is 109 Å². The molecule has 1 aromatic rings. The van der Waals surface area contributed by atoms with Crippen molar-refractivity contribution in [1.29, 1.82) is 0 Å². The maximum absolute atomic E-state index is 5.77. The number of benzene rings is 1. The molecule has 1 aliphatic rings. The largest absolute Gasteiger partial charge is 0.463 e. The van der Waals surface area contributed by atoms with Crippen LogP contribution in [-0.4, -0.2) is 28.6 Å². The fourth-order valence-electron chi connectivity index (χ4n) is 1.94. The second-order valence-electron chi connectivity index (χ2n) is 4.97. The van der Waals surface area contributed by atoms with E-state index in [2.05, 4.69) is 6.07 Å². The molecule has 0 aromatic heterocycles. The molecule has 0 spiro atoms. The average Bonchev–Trinajstić information content (AvgIpc) is 2.36. The standard InChI is InChI=1S/C13H20O4Si/c1-13(2)16-9-10-8-11(6-7-12(10)17-13)18(5,14-3)15-4/h6-8H,9H2,1-5H3. The molecule has 0 unspecified atom stereocenters. The number of hydrogen-bond donors (Lipinski definition) is 0. The Kier molecular flexibility index (Phi) is 3.51. The van der Waals surface area contributed by atoms with E-state index in [9.17, 15) is 0 Å². The van der Waals surface area contributed by atoms with Gasteiger partial charge in [0, 0.05) is 33.6 Å². The molecule has 1 aromatic carbocycles. The SMILES string of the molecule is CO[Si](C)(OC)c1ccc2c(c1)COC(C)(C)O2. The van der Waals surface area contributed by atoms with Crippen LogP contribution in [0.2, 0.25) is 6.55 Å². The summed E-state index contributed by atoms with van der Waals surface area (Å²) in [6.45, 7) is 6.39. The first kappa shape index (κ1) is 13.5. The number of hydrogen-bond acceptors (Lipinski definition) is 4. The molecular formula is C13H20O4Si. The van der Waals surface area contributed by atoms with Crippen LogP contribution in [-0.2, 0) is 20.2 Å². The van der Waals surface area contributed by atoms with E-state index in [1.54, 1.807) is 14.2 Å². The molecular weight excluding hydrogens is 248 g/mol. The van der Waals surface area contributed by atoms with Crippen molar-refractivity contribution in [2.75, 3.05) is 14.2 Å². The van der Waals surface area contributed by atoms with Crippen molar-refractivity contribution in [2.24, 2.45) is 0 Å². The van der Waals surface area contributed by atoms with E-state index in [-0.39, 0.29) is 0 Å². The zero-order valence-corrected chi connectivity index (χ0v) is 12.6. The minimum absolute atomic E-state index is 0.550. The molecule has 100 valence electrons. The highest BCUT2D eigenvalue weighted by Gasteiger charge is 2.34. The molecule has 0 radical (unpaired) electrons. The number of ether oxygens (including phenoxy) is 2. The van der Waals surface area contributed by atoms with Gasteiger partial charge in [-0.2, -0.15) is 0 Å². The Morgan fingerprint density at radius 1 is 1.22 bits per heavy atom. The number of fused-ring (bicyclic) bond motifs is 1. The summed E-state index contributed by atoms with van der Waals surface area (Å²) in [7, 11) is 1.09. The summed E-state index contributed by atoms with van der Waals surface area (Å²) in [4.78, 5) is 0. The van der Waals surface area contributed by atoms with Gasteiger partial charge in [-0.3, -0.25) is 0 Å². The molecule has 0 saturated carbocycles. The zero-order valence-electron chi connectivity index (χ0n) is 11.6. The van der Waals surface area contributed by atoms with Gasteiger partial charge in [0.05, 0.1) is 6.61 Å². The highest BCUT2D eigenvalue weighted by molar-refractivity contribution is 6.79. The predicted octanol–water partition coefficient (Wildman–Crippen LogP) is 1.90. The molecule has 5 heteroatoms. The van der Waals surface area contributed by atoms with Crippen LogP contribution in [0.5, 0.6) is 5.75 Å². The van der Waals surface area contributed by atoms with Gasteiger partial charge in [-0.1, -0.05) is 6.07 Å². The molecule has 0 aliphatic carbocycles. The summed E-state index contributed by atoms with van der Waals surface area (Å²) in [5.41, 5.74) is 1.04. The van der Waals surface area contributed by atoms with Crippen LogP contribution in [0.15, 0.2) is 18.2 Å². The van der Waals surface area contributed by atoms with E-state index in [0.717, 1.165) is 16.5 Å². The predicted molar refractivity (Wildman–Crippen MR) is 71.2 cm³/mol. The Balaban J connectivity index is 2.35.